The average Bonchev–Trinajstić information content (AvgIpc) is 3.34. The number of anilines is 1. The third-order valence-corrected chi connectivity index (χ3v) is 6.20. The van der Waals surface area contributed by atoms with Crippen molar-refractivity contribution < 1.29 is 26.8 Å². The molecule has 4 rings (SSSR count). The maximum atomic E-state index is 15.1. The maximum absolute atomic E-state index is 15.1. The van der Waals surface area contributed by atoms with E-state index in [4.69, 9.17) is 0 Å². The van der Waals surface area contributed by atoms with Gasteiger partial charge in [0.15, 0.2) is 0 Å². The summed E-state index contributed by atoms with van der Waals surface area (Å²) >= 11 is 0. The summed E-state index contributed by atoms with van der Waals surface area (Å²) in [5, 5.41) is 6.36. The number of benzene rings is 2. The molecule has 0 bridgehead atoms. The van der Waals surface area contributed by atoms with Crippen LogP contribution in [0.1, 0.15) is 57.1 Å². The Balaban J connectivity index is 1.62. The van der Waals surface area contributed by atoms with Gasteiger partial charge in [-0.15, -0.1) is 10.2 Å². The van der Waals surface area contributed by atoms with Gasteiger partial charge in [0.2, 0.25) is 5.89 Å². The molecule has 1 fully saturated rings. The molecular formula is C26H28F4N4O2. The lowest BCUT2D eigenvalue weighted by molar-refractivity contribution is -0.156. The van der Waals surface area contributed by atoms with Gasteiger partial charge in [0.1, 0.15) is 5.82 Å². The second-order valence-corrected chi connectivity index (χ2v) is 9.93. The van der Waals surface area contributed by atoms with Crippen LogP contribution < -0.4 is 4.90 Å². The van der Waals surface area contributed by atoms with Crippen LogP contribution in [0.15, 0.2) is 46.9 Å². The molecule has 2 aromatic carbocycles. The van der Waals surface area contributed by atoms with Crippen molar-refractivity contribution in [3.8, 4) is 11.5 Å². The van der Waals surface area contributed by atoms with E-state index in [0.717, 1.165) is 30.9 Å². The van der Waals surface area contributed by atoms with Crippen molar-refractivity contribution in [1.82, 2.24) is 15.1 Å². The molecule has 192 valence electrons. The van der Waals surface area contributed by atoms with Gasteiger partial charge in [0.05, 0.1) is 6.54 Å². The lowest BCUT2D eigenvalue weighted by Crippen LogP contribution is -2.45. The first-order chi connectivity index (χ1) is 16.9. The highest BCUT2D eigenvalue weighted by atomic mass is 19.4. The molecular weight excluding hydrogens is 476 g/mol. The van der Waals surface area contributed by atoms with E-state index in [1.807, 2.05) is 24.3 Å². The highest BCUT2D eigenvalue weighted by Crippen LogP contribution is 2.32. The largest absolute Gasteiger partial charge is 0.470 e. The monoisotopic (exact) mass is 504 g/mol. The first-order valence-corrected chi connectivity index (χ1v) is 11.8. The molecule has 1 aliphatic rings. The molecule has 3 aromatic rings. The van der Waals surface area contributed by atoms with Crippen molar-refractivity contribution in [3.05, 3.63) is 65.3 Å². The number of alkyl halides is 3. The van der Waals surface area contributed by atoms with Crippen LogP contribution in [-0.4, -0.2) is 34.2 Å². The van der Waals surface area contributed by atoms with Crippen LogP contribution in [0, 0.1) is 5.82 Å². The average molecular weight is 505 g/mol. The molecule has 6 nitrogen and oxygen atoms in total. The molecule has 10 heteroatoms. The molecule has 0 aliphatic carbocycles. The summed E-state index contributed by atoms with van der Waals surface area (Å²) in [6.45, 7) is 7.50. The number of halogens is 4. The number of hydrogen-bond acceptors (Lipinski definition) is 4. The van der Waals surface area contributed by atoms with E-state index >= 15 is 4.39 Å². The Kier molecular flexibility index (Phi) is 7.06. The summed E-state index contributed by atoms with van der Waals surface area (Å²) in [7, 11) is 0. The number of nitrogens with zero attached hydrogens (tertiary/aromatic N) is 4. The summed E-state index contributed by atoms with van der Waals surface area (Å²) in [5.41, 5.74) is 1.89. The van der Waals surface area contributed by atoms with E-state index in [2.05, 4.69) is 35.4 Å². The normalized spacial score (nSPS) is 14.7. The fourth-order valence-electron chi connectivity index (χ4n) is 4.10. The minimum Gasteiger partial charge on any atom is -0.413 e. The van der Waals surface area contributed by atoms with Gasteiger partial charge in [-0.1, -0.05) is 39.0 Å². The number of hydrogen-bond donors (Lipinski definition) is 0. The van der Waals surface area contributed by atoms with Crippen LogP contribution in [-0.2, 0) is 18.1 Å². The van der Waals surface area contributed by atoms with Gasteiger partial charge < -0.3 is 9.32 Å². The molecule has 0 spiro atoms. The van der Waals surface area contributed by atoms with Crippen LogP contribution in [0.2, 0.25) is 0 Å². The Bertz CT molecular complexity index is 1210. The molecule has 1 aliphatic heterocycles. The Morgan fingerprint density at radius 2 is 1.67 bits per heavy atom. The second kappa shape index (κ2) is 9.91. The number of urea groups is 1. The summed E-state index contributed by atoms with van der Waals surface area (Å²) in [5.74, 6) is -2.63. The van der Waals surface area contributed by atoms with Crippen molar-refractivity contribution in [1.29, 1.82) is 0 Å². The molecule has 0 saturated carbocycles. The lowest BCUT2D eigenvalue weighted by atomic mass is 9.87. The highest BCUT2D eigenvalue weighted by Gasteiger charge is 2.38. The Morgan fingerprint density at radius 3 is 2.22 bits per heavy atom. The molecule has 2 heterocycles. The van der Waals surface area contributed by atoms with Gasteiger partial charge >= 0.3 is 18.1 Å². The number of rotatable bonds is 4. The van der Waals surface area contributed by atoms with Gasteiger partial charge in [0, 0.05) is 29.9 Å². The molecule has 1 saturated heterocycles. The molecule has 1 aromatic heterocycles. The Labute approximate surface area is 206 Å². The SMILES string of the molecule is CC(C)(C)c1ccc(N(Cc2ccc(-c3nnc(C(F)(F)F)o3)cc2F)C(=O)N2CCCCC2)cc1. The van der Waals surface area contributed by atoms with E-state index in [1.165, 1.54) is 17.0 Å². The summed E-state index contributed by atoms with van der Waals surface area (Å²) in [6.07, 6.45) is -1.90. The van der Waals surface area contributed by atoms with Crippen LogP contribution in [0.25, 0.3) is 11.5 Å². The van der Waals surface area contributed by atoms with Gasteiger partial charge in [-0.2, -0.15) is 13.2 Å². The number of carbonyl (C=O) groups excluding carboxylic acids is 1. The van der Waals surface area contributed by atoms with Crippen LogP contribution in [0.3, 0.4) is 0 Å². The van der Waals surface area contributed by atoms with E-state index < -0.39 is 23.8 Å². The molecule has 2 amide bonds. The van der Waals surface area contributed by atoms with Crippen molar-refractivity contribution in [2.45, 2.75) is 58.2 Å². The summed E-state index contributed by atoms with van der Waals surface area (Å²) in [6, 6.07) is 11.3. The zero-order valence-corrected chi connectivity index (χ0v) is 20.4. The minimum absolute atomic E-state index is 0.0164. The van der Waals surface area contributed by atoms with E-state index in [0.29, 0.717) is 18.8 Å². The smallest absolute Gasteiger partial charge is 0.413 e. The molecule has 0 atom stereocenters. The fraction of sp³-hybridized carbons (Fsp3) is 0.423. The number of likely N-dealkylation sites (tertiary alicyclic amines) is 1. The van der Waals surface area contributed by atoms with Gasteiger partial charge in [0.25, 0.3) is 0 Å². The standard InChI is InChI=1S/C26H28F4N4O2/c1-25(2,3)19-9-11-20(12-10-19)34(24(35)33-13-5-4-6-14-33)16-18-8-7-17(15-21(18)27)22-31-32-23(36-22)26(28,29)30/h7-12,15H,4-6,13-14,16H2,1-3H3. The topological polar surface area (TPSA) is 62.5 Å². The number of piperidine rings is 1. The van der Waals surface area contributed by atoms with Gasteiger partial charge in [-0.05, 0) is 54.5 Å². The van der Waals surface area contributed by atoms with Crippen LogP contribution in [0.4, 0.5) is 28.0 Å². The quantitative estimate of drug-likeness (QED) is 0.367. The summed E-state index contributed by atoms with van der Waals surface area (Å²) in [4.78, 5) is 16.8. The molecule has 0 N–H and O–H groups in total. The Morgan fingerprint density at radius 1 is 1.00 bits per heavy atom. The fourth-order valence-corrected chi connectivity index (χ4v) is 4.10. The van der Waals surface area contributed by atoms with E-state index in [1.54, 1.807) is 4.90 Å². The predicted octanol–water partition coefficient (Wildman–Crippen LogP) is 6.80. The lowest BCUT2D eigenvalue weighted by Gasteiger charge is -2.33. The highest BCUT2D eigenvalue weighted by molar-refractivity contribution is 5.92. The summed E-state index contributed by atoms with van der Waals surface area (Å²) < 4.78 is 58.1. The number of carbonyl (C=O) groups is 1. The molecule has 0 unspecified atom stereocenters. The van der Waals surface area contributed by atoms with Crippen LogP contribution in [0.5, 0.6) is 0 Å². The molecule has 0 radical (unpaired) electrons. The zero-order valence-electron chi connectivity index (χ0n) is 20.4. The van der Waals surface area contributed by atoms with Gasteiger partial charge in [-0.25, -0.2) is 9.18 Å². The second-order valence-electron chi connectivity index (χ2n) is 9.93. The third-order valence-electron chi connectivity index (χ3n) is 6.20. The first kappa shape index (κ1) is 25.7. The van der Waals surface area contributed by atoms with Crippen LogP contribution >= 0.6 is 0 Å². The number of amides is 2. The van der Waals surface area contributed by atoms with Crippen molar-refractivity contribution in [3.63, 3.8) is 0 Å². The van der Waals surface area contributed by atoms with E-state index in [9.17, 15) is 18.0 Å². The third kappa shape index (κ3) is 5.68. The number of aromatic nitrogens is 2. The van der Waals surface area contributed by atoms with Crippen molar-refractivity contribution in [2.75, 3.05) is 18.0 Å². The zero-order chi connectivity index (χ0) is 26.1. The first-order valence-electron chi connectivity index (χ1n) is 11.8. The van der Waals surface area contributed by atoms with Gasteiger partial charge in [-0.3, -0.25) is 4.90 Å². The Hall–Kier alpha value is -3.43. The predicted molar refractivity (Wildman–Crippen MR) is 127 cm³/mol. The van der Waals surface area contributed by atoms with Crippen molar-refractivity contribution in [2.24, 2.45) is 0 Å². The maximum Gasteiger partial charge on any atom is 0.470 e. The molecule has 36 heavy (non-hydrogen) atoms. The van der Waals surface area contributed by atoms with E-state index in [-0.39, 0.29) is 29.1 Å². The minimum atomic E-state index is -4.79. The van der Waals surface area contributed by atoms with Crippen molar-refractivity contribution >= 4 is 11.7 Å².